The first kappa shape index (κ1) is 13.1. The van der Waals surface area contributed by atoms with Gasteiger partial charge in [-0.05, 0) is 19.4 Å². The molecule has 1 aromatic carbocycles. The zero-order valence-electron chi connectivity index (χ0n) is 11.9. The van der Waals surface area contributed by atoms with Crippen LogP contribution < -0.4 is 5.32 Å². The number of hydrogen-bond donors (Lipinski definition) is 1. The Balaban J connectivity index is 2.18. The lowest BCUT2D eigenvalue weighted by atomic mass is 10.1. The number of fused-ring (bicyclic) bond motifs is 1. The van der Waals surface area contributed by atoms with Crippen LogP contribution in [0.1, 0.15) is 17.4 Å². The van der Waals surface area contributed by atoms with Gasteiger partial charge in [0, 0.05) is 17.5 Å². The maximum Gasteiger partial charge on any atom is 0.163 e. The number of nitrogens with zero attached hydrogens (tertiary/aromatic N) is 2. The van der Waals surface area contributed by atoms with E-state index < -0.39 is 0 Å². The summed E-state index contributed by atoms with van der Waals surface area (Å²) in [6.45, 7) is 4.25. The molecule has 0 saturated heterocycles. The molecular formula is C16H17N3S. The molecule has 2 aromatic heterocycles. The van der Waals surface area contributed by atoms with Gasteiger partial charge in [-0.25, -0.2) is 9.97 Å². The molecule has 0 radical (unpaired) electrons. The van der Waals surface area contributed by atoms with Crippen LogP contribution in [0, 0.1) is 6.92 Å². The first-order valence-corrected chi connectivity index (χ1v) is 7.58. The van der Waals surface area contributed by atoms with Crippen molar-refractivity contribution in [3.05, 3.63) is 40.8 Å². The Labute approximate surface area is 122 Å². The van der Waals surface area contributed by atoms with Crippen LogP contribution >= 0.6 is 11.3 Å². The molecule has 20 heavy (non-hydrogen) atoms. The van der Waals surface area contributed by atoms with Crippen molar-refractivity contribution < 1.29 is 0 Å². The molecule has 4 heteroatoms. The van der Waals surface area contributed by atoms with Crippen molar-refractivity contribution in [3.63, 3.8) is 0 Å². The van der Waals surface area contributed by atoms with Crippen molar-refractivity contribution in [1.82, 2.24) is 9.97 Å². The van der Waals surface area contributed by atoms with E-state index in [4.69, 9.17) is 4.98 Å². The van der Waals surface area contributed by atoms with Crippen LogP contribution in [0.3, 0.4) is 0 Å². The van der Waals surface area contributed by atoms with E-state index in [1.807, 2.05) is 7.05 Å². The van der Waals surface area contributed by atoms with Crippen LogP contribution in [0.2, 0.25) is 0 Å². The Hall–Kier alpha value is -1.94. The normalized spacial score (nSPS) is 10.9. The van der Waals surface area contributed by atoms with Crippen molar-refractivity contribution in [2.75, 3.05) is 12.4 Å². The van der Waals surface area contributed by atoms with E-state index in [-0.39, 0.29) is 0 Å². The molecule has 2 heterocycles. The van der Waals surface area contributed by atoms with Gasteiger partial charge in [0.15, 0.2) is 5.82 Å². The minimum absolute atomic E-state index is 0.784. The topological polar surface area (TPSA) is 37.8 Å². The second kappa shape index (κ2) is 5.21. The Bertz CT molecular complexity index is 744. The summed E-state index contributed by atoms with van der Waals surface area (Å²) in [5.41, 5.74) is 2.30. The number of nitrogens with one attached hydrogen (secondary N) is 1. The largest absolute Gasteiger partial charge is 0.372 e. The number of hydrogen-bond acceptors (Lipinski definition) is 4. The van der Waals surface area contributed by atoms with E-state index in [0.29, 0.717) is 0 Å². The molecular weight excluding hydrogens is 266 g/mol. The zero-order chi connectivity index (χ0) is 14.1. The lowest BCUT2D eigenvalue weighted by molar-refractivity contribution is 1.19. The molecule has 3 nitrogen and oxygen atoms in total. The van der Waals surface area contributed by atoms with Crippen molar-refractivity contribution in [1.29, 1.82) is 0 Å². The van der Waals surface area contributed by atoms with Gasteiger partial charge in [0.25, 0.3) is 0 Å². The first-order valence-electron chi connectivity index (χ1n) is 6.76. The molecule has 102 valence electrons. The molecule has 0 bridgehead atoms. The SMILES string of the molecule is CCc1cc2c(NC)nc(-c3ccc(C)cc3)nc2s1. The standard InChI is InChI=1S/C16H17N3S/c1-4-12-9-13-15(17-3)18-14(19-16(13)20-12)11-7-5-10(2)6-8-11/h5-9H,4H2,1-3H3,(H,17,18,19). The maximum absolute atomic E-state index is 4.72. The number of rotatable bonds is 3. The quantitative estimate of drug-likeness (QED) is 0.780. The number of aromatic nitrogens is 2. The lowest BCUT2D eigenvalue weighted by Crippen LogP contribution is -1.97. The molecule has 0 atom stereocenters. The Morgan fingerprint density at radius 1 is 1.15 bits per heavy atom. The number of benzene rings is 1. The van der Waals surface area contributed by atoms with Crippen LogP contribution in [0.5, 0.6) is 0 Å². The summed E-state index contributed by atoms with van der Waals surface area (Å²) in [5, 5.41) is 4.30. The number of aryl methyl sites for hydroxylation is 2. The van der Waals surface area contributed by atoms with Gasteiger partial charge >= 0.3 is 0 Å². The highest BCUT2D eigenvalue weighted by Crippen LogP contribution is 2.31. The molecule has 0 amide bonds. The van der Waals surface area contributed by atoms with E-state index >= 15 is 0 Å². The summed E-state index contributed by atoms with van der Waals surface area (Å²) in [6, 6.07) is 10.5. The molecule has 3 aromatic rings. The van der Waals surface area contributed by atoms with E-state index in [2.05, 4.69) is 54.5 Å². The Morgan fingerprint density at radius 2 is 1.90 bits per heavy atom. The minimum atomic E-state index is 0.784. The first-order chi connectivity index (χ1) is 9.71. The molecule has 0 spiro atoms. The van der Waals surface area contributed by atoms with Crippen LogP contribution in [0.15, 0.2) is 30.3 Å². The molecule has 0 aliphatic heterocycles. The van der Waals surface area contributed by atoms with Crippen LogP contribution in [-0.2, 0) is 6.42 Å². The molecule has 0 saturated carbocycles. The highest BCUT2D eigenvalue weighted by atomic mass is 32.1. The summed E-state index contributed by atoms with van der Waals surface area (Å²) in [7, 11) is 1.91. The third-order valence-electron chi connectivity index (χ3n) is 3.34. The van der Waals surface area contributed by atoms with Crippen LogP contribution in [0.4, 0.5) is 5.82 Å². The van der Waals surface area contributed by atoms with Crippen LogP contribution in [-0.4, -0.2) is 17.0 Å². The summed E-state index contributed by atoms with van der Waals surface area (Å²) >= 11 is 1.75. The Morgan fingerprint density at radius 3 is 2.55 bits per heavy atom. The second-order valence-electron chi connectivity index (χ2n) is 4.80. The van der Waals surface area contributed by atoms with Gasteiger partial charge in [0.2, 0.25) is 0 Å². The van der Waals surface area contributed by atoms with Gasteiger partial charge in [0.05, 0.1) is 5.39 Å². The number of anilines is 1. The van der Waals surface area contributed by atoms with Crippen molar-refractivity contribution >= 4 is 27.4 Å². The fraction of sp³-hybridized carbons (Fsp3) is 0.250. The second-order valence-corrected chi connectivity index (χ2v) is 5.91. The molecule has 0 aliphatic carbocycles. The molecule has 0 unspecified atom stereocenters. The third kappa shape index (κ3) is 2.27. The number of thiophene rings is 1. The van der Waals surface area contributed by atoms with Gasteiger partial charge in [-0.15, -0.1) is 11.3 Å². The van der Waals surface area contributed by atoms with E-state index in [0.717, 1.165) is 33.8 Å². The van der Waals surface area contributed by atoms with E-state index in [9.17, 15) is 0 Å². The monoisotopic (exact) mass is 283 g/mol. The fourth-order valence-electron chi connectivity index (χ4n) is 2.17. The smallest absolute Gasteiger partial charge is 0.163 e. The summed E-state index contributed by atoms with van der Waals surface area (Å²) in [4.78, 5) is 11.8. The summed E-state index contributed by atoms with van der Waals surface area (Å²) in [5.74, 6) is 1.69. The average molecular weight is 283 g/mol. The molecule has 0 fully saturated rings. The fourth-order valence-corrected chi connectivity index (χ4v) is 3.14. The van der Waals surface area contributed by atoms with E-state index in [1.54, 1.807) is 11.3 Å². The van der Waals surface area contributed by atoms with Gasteiger partial charge in [-0.3, -0.25) is 0 Å². The summed E-state index contributed by atoms with van der Waals surface area (Å²) < 4.78 is 0. The average Bonchev–Trinajstić information content (AvgIpc) is 2.90. The molecule has 1 N–H and O–H groups in total. The lowest BCUT2D eigenvalue weighted by Gasteiger charge is -2.05. The predicted octanol–water partition coefficient (Wildman–Crippen LogP) is 4.27. The van der Waals surface area contributed by atoms with Crippen molar-refractivity contribution in [2.45, 2.75) is 20.3 Å². The highest BCUT2D eigenvalue weighted by Gasteiger charge is 2.11. The van der Waals surface area contributed by atoms with E-state index in [1.165, 1.54) is 10.4 Å². The Kier molecular flexibility index (Phi) is 3.40. The van der Waals surface area contributed by atoms with Gasteiger partial charge < -0.3 is 5.32 Å². The van der Waals surface area contributed by atoms with Crippen molar-refractivity contribution in [3.8, 4) is 11.4 Å². The predicted molar refractivity (Wildman–Crippen MR) is 86.5 cm³/mol. The van der Waals surface area contributed by atoms with Gasteiger partial charge in [-0.1, -0.05) is 36.8 Å². The molecule has 0 aliphatic rings. The third-order valence-corrected chi connectivity index (χ3v) is 4.51. The maximum atomic E-state index is 4.72. The van der Waals surface area contributed by atoms with Gasteiger partial charge in [0.1, 0.15) is 10.6 Å². The van der Waals surface area contributed by atoms with Gasteiger partial charge in [-0.2, -0.15) is 0 Å². The zero-order valence-corrected chi connectivity index (χ0v) is 12.7. The minimum Gasteiger partial charge on any atom is -0.372 e. The molecule has 3 rings (SSSR count). The van der Waals surface area contributed by atoms with Crippen LogP contribution in [0.25, 0.3) is 21.6 Å². The van der Waals surface area contributed by atoms with Crippen molar-refractivity contribution in [2.24, 2.45) is 0 Å². The summed E-state index contributed by atoms with van der Waals surface area (Å²) in [6.07, 6.45) is 1.03. The highest BCUT2D eigenvalue weighted by molar-refractivity contribution is 7.18.